The van der Waals surface area contributed by atoms with E-state index in [1.165, 1.54) is 10.4 Å². The lowest BCUT2D eigenvalue weighted by molar-refractivity contribution is 0.196. The molecule has 0 aromatic heterocycles. The van der Waals surface area contributed by atoms with E-state index in [0.29, 0.717) is 6.42 Å². The number of nitrogens with zero attached hydrogens (tertiary/aromatic N) is 2. The Morgan fingerprint density at radius 2 is 1.81 bits per heavy atom. The van der Waals surface area contributed by atoms with Gasteiger partial charge in [-0.05, 0) is 40.1 Å². The van der Waals surface area contributed by atoms with Crippen LogP contribution in [0.2, 0.25) is 0 Å². The number of hydrazone groups is 1. The van der Waals surface area contributed by atoms with Crippen LogP contribution in [-0.4, -0.2) is 23.9 Å². The molecule has 0 bridgehead atoms. The topological polar surface area (TPSA) is 67.9 Å². The van der Waals surface area contributed by atoms with Gasteiger partial charge in [0, 0.05) is 6.42 Å². The van der Waals surface area contributed by atoms with Crippen LogP contribution in [-0.2, 0) is 0 Å². The number of carbonyl (C=O) groups excluding carboxylic acids is 1. The molecule has 2 N–H and O–H groups in total. The van der Waals surface area contributed by atoms with Crippen LogP contribution in [0.1, 0.15) is 23.6 Å². The summed E-state index contributed by atoms with van der Waals surface area (Å²) in [5.41, 5.74) is 8.41. The third-order valence-electron chi connectivity index (χ3n) is 4.72. The smallest absolute Gasteiger partial charge is 0.335 e. The van der Waals surface area contributed by atoms with E-state index < -0.39 is 6.03 Å². The Balaban J connectivity index is 1.68. The number of hydrogen-bond acceptors (Lipinski definition) is 3. The fourth-order valence-electron chi connectivity index (χ4n) is 3.34. The molecule has 26 heavy (non-hydrogen) atoms. The van der Waals surface area contributed by atoms with Crippen LogP contribution < -0.4 is 10.5 Å². The second-order valence-electron chi connectivity index (χ2n) is 6.28. The molecule has 0 radical (unpaired) electrons. The summed E-state index contributed by atoms with van der Waals surface area (Å²) in [4.78, 5) is 11.9. The van der Waals surface area contributed by atoms with Gasteiger partial charge in [-0.25, -0.2) is 9.80 Å². The molecule has 1 heterocycles. The summed E-state index contributed by atoms with van der Waals surface area (Å²) in [5.74, 6) is 0.771. The van der Waals surface area contributed by atoms with Gasteiger partial charge in [0.05, 0.1) is 18.9 Å². The van der Waals surface area contributed by atoms with E-state index >= 15 is 0 Å². The highest BCUT2D eigenvalue weighted by Gasteiger charge is 2.32. The minimum atomic E-state index is -0.554. The molecule has 1 atom stereocenters. The molecule has 1 unspecified atom stereocenters. The summed E-state index contributed by atoms with van der Waals surface area (Å²) in [6.07, 6.45) is 0.619. The fraction of sp³-hybridized carbons (Fsp3) is 0.143. The highest BCUT2D eigenvalue weighted by atomic mass is 16.5. The SMILES string of the molecule is COc1ccc(C2CC(c3ccc4ccccc4c3)=NN2C(N)=O)cc1. The van der Waals surface area contributed by atoms with Crippen molar-refractivity contribution in [2.45, 2.75) is 12.5 Å². The van der Waals surface area contributed by atoms with E-state index in [1.54, 1.807) is 7.11 Å². The fourth-order valence-corrected chi connectivity index (χ4v) is 3.34. The predicted octanol–water partition coefficient (Wildman–Crippen LogP) is 4.08. The first-order valence-corrected chi connectivity index (χ1v) is 8.45. The molecule has 1 aliphatic heterocycles. The average Bonchev–Trinajstić information content (AvgIpc) is 3.13. The van der Waals surface area contributed by atoms with Crippen molar-refractivity contribution in [3.05, 3.63) is 77.9 Å². The average molecular weight is 345 g/mol. The Kier molecular flexibility index (Phi) is 4.05. The van der Waals surface area contributed by atoms with Crippen LogP contribution in [0.5, 0.6) is 5.75 Å². The Labute approximate surface area is 151 Å². The van der Waals surface area contributed by atoms with Crippen LogP contribution in [0.25, 0.3) is 10.8 Å². The van der Waals surface area contributed by atoms with Gasteiger partial charge in [0.1, 0.15) is 5.75 Å². The van der Waals surface area contributed by atoms with Crippen LogP contribution in [0.15, 0.2) is 71.8 Å². The van der Waals surface area contributed by atoms with Gasteiger partial charge in [-0.1, -0.05) is 48.5 Å². The predicted molar refractivity (Wildman–Crippen MR) is 102 cm³/mol. The van der Waals surface area contributed by atoms with Gasteiger partial charge in [0.15, 0.2) is 0 Å². The van der Waals surface area contributed by atoms with Gasteiger partial charge in [0.25, 0.3) is 0 Å². The number of hydrogen-bond donors (Lipinski definition) is 1. The van der Waals surface area contributed by atoms with Crippen LogP contribution >= 0.6 is 0 Å². The van der Waals surface area contributed by atoms with Crippen LogP contribution in [0, 0.1) is 0 Å². The Hall–Kier alpha value is -3.34. The molecule has 2 amide bonds. The number of methoxy groups -OCH3 is 1. The van der Waals surface area contributed by atoms with Crippen molar-refractivity contribution >= 4 is 22.5 Å². The maximum absolute atomic E-state index is 11.9. The van der Waals surface area contributed by atoms with E-state index in [1.807, 2.05) is 42.5 Å². The zero-order valence-electron chi connectivity index (χ0n) is 14.4. The molecule has 4 rings (SSSR count). The maximum Gasteiger partial charge on any atom is 0.335 e. The summed E-state index contributed by atoms with van der Waals surface area (Å²) in [7, 11) is 1.63. The largest absolute Gasteiger partial charge is 0.497 e. The Morgan fingerprint density at radius 3 is 2.50 bits per heavy atom. The van der Waals surface area contributed by atoms with Gasteiger partial charge < -0.3 is 10.5 Å². The monoisotopic (exact) mass is 345 g/mol. The van der Waals surface area contributed by atoms with E-state index in [4.69, 9.17) is 10.5 Å². The lowest BCUT2D eigenvalue weighted by Crippen LogP contribution is -2.31. The summed E-state index contributed by atoms with van der Waals surface area (Å²) < 4.78 is 5.20. The van der Waals surface area contributed by atoms with Gasteiger partial charge in [0.2, 0.25) is 0 Å². The van der Waals surface area contributed by atoms with Crippen molar-refractivity contribution in [1.29, 1.82) is 0 Å². The van der Waals surface area contributed by atoms with E-state index in [0.717, 1.165) is 28.0 Å². The number of urea groups is 1. The minimum absolute atomic E-state index is 0.208. The third kappa shape index (κ3) is 2.88. The lowest BCUT2D eigenvalue weighted by atomic mass is 9.97. The molecule has 1 aliphatic rings. The van der Waals surface area contributed by atoms with Gasteiger partial charge in [-0.2, -0.15) is 5.10 Å². The summed E-state index contributed by atoms with van der Waals surface area (Å²) in [5, 5.41) is 8.20. The first kappa shape index (κ1) is 16.1. The lowest BCUT2D eigenvalue weighted by Gasteiger charge is -2.20. The molecule has 5 nitrogen and oxygen atoms in total. The quantitative estimate of drug-likeness (QED) is 0.777. The number of carbonyl (C=O) groups is 1. The van der Waals surface area contributed by atoms with Crippen LogP contribution in [0.3, 0.4) is 0 Å². The number of fused-ring (bicyclic) bond motifs is 1. The summed E-state index contributed by atoms with van der Waals surface area (Å²) in [6.45, 7) is 0. The van der Waals surface area contributed by atoms with Gasteiger partial charge >= 0.3 is 6.03 Å². The normalized spacial score (nSPS) is 16.6. The molecule has 0 fully saturated rings. The molecule has 0 spiro atoms. The number of benzene rings is 3. The van der Waals surface area contributed by atoms with Crippen molar-refractivity contribution in [1.82, 2.24) is 5.01 Å². The summed E-state index contributed by atoms with van der Waals surface area (Å²) in [6, 6.07) is 21.3. The zero-order chi connectivity index (χ0) is 18.1. The van der Waals surface area contributed by atoms with Crippen molar-refractivity contribution in [2.75, 3.05) is 7.11 Å². The van der Waals surface area contributed by atoms with Gasteiger partial charge in [-0.15, -0.1) is 0 Å². The number of nitrogens with two attached hydrogens (primary N) is 1. The maximum atomic E-state index is 11.9. The van der Waals surface area contributed by atoms with Crippen molar-refractivity contribution in [2.24, 2.45) is 10.8 Å². The van der Waals surface area contributed by atoms with E-state index in [-0.39, 0.29) is 6.04 Å². The molecule has 0 aliphatic carbocycles. The molecule has 3 aromatic rings. The standard InChI is InChI=1S/C21H19N3O2/c1-26-18-10-8-15(9-11-18)20-13-19(23-24(20)21(22)25)17-7-6-14-4-2-3-5-16(14)12-17/h2-12,20H,13H2,1H3,(H2,22,25). The molecule has 0 saturated carbocycles. The third-order valence-corrected chi connectivity index (χ3v) is 4.72. The first-order chi connectivity index (χ1) is 12.7. The molecular weight excluding hydrogens is 326 g/mol. The van der Waals surface area contributed by atoms with Crippen molar-refractivity contribution in [3.63, 3.8) is 0 Å². The minimum Gasteiger partial charge on any atom is -0.497 e. The second-order valence-corrected chi connectivity index (χ2v) is 6.28. The van der Waals surface area contributed by atoms with Crippen molar-refractivity contribution in [3.8, 4) is 5.75 Å². The van der Waals surface area contributed by atoms with E-state index in [2.05, 4.69) is 29.4 Å². The molecule has 5 heteroatoms. The number of primary amides is 1. The summed E-state index contributed by atoms with van der Waals surface area (Å²) >= 11 is 0. The highest BCUT2D eigenvalue weighted by molar-refractivity contribution is 6.05. The number of rotatable bonds is 3. The Morgan fingerprint density at radius 1 is 1.08 bits per heavy atom. The molecular formula is C21H19N3O2. The Bertz CT molecular complexity index is 996. The number of amides is 2. The zero-order valence-corrected chi connectivity index (χ0v) is 14.4. The first-order valence-electron chi connectivity index (χ1n) is 8.45. The molecule has 0 saturated heterocycles. The van der Waals surface area contributed by atoms with Crippen LogP contribution in [0.4, 0.5) is 4.79 Å². The van der Waals surface area contributed by atoms with Gasteiger partial charge in [-0.3, -0.25) is 0 Å². The van der Waals surface area contributed by atoms with E-state index in [9.17, 15) is 4.79 Å². The molecule has 3 aromatic carbocycles. The second kappa shape index (κ2) is 6.52. The van der Waals surface area contributed by atoms with Crippen molar-refractivity contribution < 1.29 is 9.53 Å². The molecule has 130 valence electrons. The highest BCUT2D eigenvalue weighted by Crippen LogP contribution is 2.33. The number of ether oxygens (including phenoxy) is 1.